The van der Waals surface area contributed by atoms with Crippen LogP contribution in [-0.4, -0.2) is 34.6 Å². The molecule has 5 rings (SSSR count). The van der Waals surface area contributed by atoms with Crippen molar-refractivity contribution in [2.45, 2.75) is 33.7 Å². The lowest BCUT2D eigenvalue weighted by molar-refractivity contribution is -0.385. The second kappa shape index (κ2) is 12.4. The Labute approximate surface area is 259 Å². The summed E-state index contributed by atoms with van der Waals surface area (Å²) in [6.07, 6.45) is 1.55. The lowest BCUT2D eigenvalue weighted by Crippen LogP contribution is -2.40. The maximum absolute atomic E-state index is 13.9. The van der Waals surface area contributed by atoms with Crippen LogP contribution < -0.4 is 14.9 Å². The SMILES string of the molecule is CCOC(=O)C1=C(C)N=c2s/c(=C/c3ccc(-c4ccc(Cl)c(C(=O)OCC)c4)o3)c(=O)n2[C@@H]1c1ccc(C)c([N+](=O)[O-])c1. The van der Waals surface area contributed by atoms with Crippen LogP contribution in [0.15, 0.2) is 74.0 Å². The van der Waals surface area contributed by atoms with E-state index in [9.17, 15) is 24.5 Å². The number of hydrogen-bond acceptors (Lipinski definition) is 10. The molecule has 2 aromatic heterocycles. The molecule has 0 N–H and O–H groups in total. The molecule has 3 heterocycles. The molecule has 1 aliphatic rings. The molecule has 0 saturated heterocycles. The van der Waals surface area contributed by atoms with Crippen LogP contribution in [0.5, 0.6) is 0 Å². The van der Waals surface area contributed by atoms with E-state index >= 15 is 0 Å². The first-order valence-electron chi connectivity index (χ1n) is 13.6. The molecule has 226 valence electrons. The molecule has 44 heavy (non-hydrogen) atoms. The highest BCUT2D eigenvalue weighted by molar-refractivity contribution is 7.07. The summed E-state index contributed by atoms with van der Waals surface area (Å²) >= 11 is 7.28. The minimum absolute atomic E-state index is 0.0938. The number of benzene rings is 2. The van der Waals surface area contributed by atoms with E-state index in [1.165, 1.54) is 10.6 Å². The van der Waals surface area contributed by atoms with Gasteiger partial charge >= 0.3 is 11.9 Å². The van der Waals surface area contributed by atoms with E-state index in [2.05, 4.69) is 4.99 Å². The highest BCUT2D eigenvalue weighted by Crippen LogP contribution is 2.33. The molecule has 0 radical (unpaired) electrons. The van der Waals surface area contributed by atoms with E-state index in [1.807, 2.05) is 0 Å². The van der Waals surface area contributed by atoms with Crippen LogP contribution in [0.4, 0.5) is 5.69 Å². The zero-order chi connectivity index (χ0) is 31.7. The Bertz CT molecular complexity index is 2040. The van der Waals surface area contributed by atoms with Crippen LogP contribution >= 0.6 is 22.9 Å². The van der Waals surface area contributed by atoms with E-state index < -0.39 is 28.5 Å². The molecular weight excluding hydrogens is 610 g/mol. The number of furan rings is 1. The smallest absolute Gasteiger partial charge is 0.339 e. The van der Waals surface area contributed by atoms with Gasteiger partial charge in [-0.1, -0.05) is 35.1 Å². The third kappa shape index (κ3) is 5.73. The summed E-state index contributed by atoms with van der Waals surface area (Å²) in [6.45, 7) is 6.90. The predicted molar refractivity (Wildman–Crippen MR) is 163 cm³/mol. The maximum atomic E-state index is 13.9. The van der Waals surface area contributed by atoms with Gasteiger partial charge in [0.05, 0.1) is 50.6 Å². The number of allylic oxidation sites excluding steroid dienone is 1. The molecule has 13 heteroatoms. The number of nitro benzene ring substituents is 1. The van der Waals surface area contributed by atoms with Gasteiger partial charge in [-0.25, -0.2) is 14.6 Å². The lowest BCUT2D eigenvalue weighted by Gasteiger charge is -2.24. The monoisotopic (exact) mass is 635 g/mol. The van der Waals surface area contributed by atoms with E-state index in [0.29, 0.717) is 38.7 Å². The number of aryl methyl sites for hydroxylation is 1. The van der Waals surface area contributed by atoms with Gasteiger partial charge in [-0.2, -0.15) is 0 Å². The van der Waals surface area contributed by atoms with E-state index in [0.717, 1.165) is 11.3 Å². The first-order valence-corrected chi connectivity index (χ1v) is 14.7. The summed E-state index contributed by atoms with van der Waals surface area (Å²) in [6, 6.07) is 11.8. The first-order chi connectivity index (χ1) is 21.0. The molecule has 4 aromatic rings. The van der Waals surface area contributed by atoms with Crippen LogP contribution in [-0.2, 0) is 14.3 Å². The molecule has 0 amide bonds. The Balaban J connectivity index is 1.61. The van der Waals surface area contributed by atoms with Crippen molar-refractivity contribution in [2.24, 2.45) is 4.99 Å². The summed E-state index contributed by atoms with van der Waals surface area (Å²) in [4.78, 5) is 55.4. The van der Waals surface area contributed by atoms with Crippen molar-refractivity contribution in [3.8, 4) is 11.3 Å². The van der Waals surface area contributed by atoms with Gasteiger partial charge in [0.25, 0.3) is 11.2 Å². The standard InChI is InChI=1S/C31H26ClN3O8S/c1-5-41-29(37)21-13-18(9-11-22(21)32)24-12-10-20(43-24)15-25-28(36)34-27(19-8-7-16(3)23(14-19)35(39)40)26(30(38)42-6-2)17(4)33-31(34)44-25/h7-15,27H,5-6H2,1-4H3/b25-15+/t27-/m1/s1. The number of esters is 2. The number of aromatic nitrogens is 1. The van der Waals surface area contributed by atoms with Gasteiger partial charge in [0, 0.05) is 23.3 Å². The van der Waals surface area contributed by atoms with Crippen molar-refractivity contribution in [2.75, 3.05) is 13.2 Å². The van der Waals surface area contributed by atoms with Gasteiger partial charge < -0.3 is 13.9 Å². The molecule has 1 atom stereocenters. The number of nitrogens with zero attached hydrogens (tertiary/aromatic N) is 3. The van der Waals surface area contributed by atoms with Gasteiger partial charge in [-0.3, -0.25) is 19.5 Å². The second-order valence-corrected chi connectivity index (χ2v) is 11.1. The number of rotatable bonds is 8. The summed E-state index contributed by atoms with van der Waals surface area (Å²) in [5.74, 6) is -0.450. The number of ether oxygens (including phenoxy) is 2. The fraction of sp³-hybridized carbons (Fsp3) is 0.226. The number of hydrogen-bond donors (Lipinski definition) is 0. The van der Waals surface area contributed by atoms with Gasteiger partial charge in [-0.15, -0.1) is 0 Å². The minimum atomic E-state index is -1.01. The number of nitro groups is 1. The molecule has 0 fully saturated rings. The van der Waals surface area contributed by atoms with Crippen molar-refractivity contribution in [3.05, 3.63) is 117 Å². The number of carbonyl (C=O) groups excluding carboxylic acids is 2. The minimum Gasteiger partial charge on any atom is -0.463 e. The van der Waals surface area contributed by atoms with Gasteiger partial charge in [0.2, 0.25) is 0 Å². The van der Waals surface area contributed by atoms with E-state index in [4.69, 9.17) is 25.5 Å². The molecule has 0 bridgehead atoms. The largest absolute Gasteiger partial charge is 0.463 e. The molecule has 0 spiro atoms. The Morgan fingerprint density at radius 2 is 1.82 bits per heavy atom. The second-order valence-electron chi connectivity index (χ2n) is 9.72. The number of fused-ring (bicyclic) bond motifs is 1. The zero-order valence-electron chi connectivity index (χ0n) is 24.1. The number of carbonyl (C=O) groups is 2. The van der Waals surface area contributed by atoms with Crippen LogP contribution in [0.2, 0.25) is 5.02 Å². The lowest BCUT2D eigenvalue weighted by atomic mass is 9.94. The van der Waals surface area contributed by atoms with Crippen LogP contribution in [0, 0.1) is 17.0 Å². The topological polar surface area (TPSA) is 143 Å². The molecule has 11 nitrogen and oxygen atoms in total. The molecule has 0 aliphatic carbocycles. The van der Waals surface area contributed by atoms with Crippen molar-refractivity contribution in [1.82, 2.24) is 4.57 Å². The molecule has 0 unspecified atom stereocenters. The molecule has 0 saturated carbocycles. The summed E-state index contributed by atoms with van der Waals surface area (Å²) in [7, 11) is 0. The zero-order valence-corrected chi connectivity index (χ0v) is 25.7. The summed E-state index contributed by atoms with van der Waals surface area (Å²) in [5, 5.41) is 12.0. The summed E-state index contributed by atoms with van der Waals surface area (Å²) < 4.78 is 18.0. The quantitative estimate of drug-likeness (QED) is 0.148. The molecule has 1 aliphatic heterocycles. The highest BCUT2D eigenvalue weighted by Gasteiger charge is 2.34. The average molecular weight is 636 g/mol. The maximum Gasteiger partial charge on any atom is 0.339 e. The Morgan fingerprint density at radius 1 is 1.09 bits per heavy atom. The Hall–Kier alpha value is -4.81. The highest BCUT2D eigenvalue weighted by atomic mass is 35.5. The predicted octanol–water partition coefficient (Wildman–Crippen LogP) is 5.11. The Kier molecular flexibility index (Phi) is 8.66. The number of thiazole rings is 1. The van der Waals surface area contributed by atoms with Gasteiger partial charge in [0.15, 0.2) is 4.80 Å². The van der Waals surface area contributed by atoms with Crippen molar-refractivity contribution >= 4 is 46.6 Å². The fourth-order valence-corrected chi connectivity index (χ4v) is 6.08. The molecule has 2 aromatic carbocycles. The Morgan fingerprint density at radius 3 is 2.52 bits per heavy atom. The van der Waals surface area contributed by atoms with E-state index in [-0.39, 0.29) is 39.6 Å². The van der Waals surface area contributed by atoms with Crippen molar-refractivity contribution < 1.29 is 28.4 Å². The van der Waals surface area contributed by atoms with Crippen LogP contribution in [0.1, 0.15) is 54.1 Å². The van der Waals surface area contributed by atoms with Gasteiger partial charge in [-0.05, 0) is 63.6 Å². The van der Waals surface area contributed by atoms with E-state index in [1.54, 1.807) is 76.2 Å². The van der Waals surface area contributed by atoms with Crippen molar-refractivity contribution in [3.63, 3.8) is 0 Å². The van der Waals surface area contributed by atoms with Crippen LogP contribution in [0.25, 0.3) is 17.4 Å². The summed E-state index contributed by atoms with van der Waals surface area (Å²) in [5.41, 5.74) is 1.43. The third-order valence-electron chi connectivity index (χ3n) is 6.91. The fourth-order valence-electron chi connectivity index (χ4n) is 4.86. The third-order valence-corrected chi connectivity index (χ3v) is 8.22. The number of halogens is 1. The van der Waals surface area contributed by atoms with Crippen molar-refractivity contribution in [1.29, 1.82) is 0 Å². The first kappa shape index (κ1) is 30.6. The normalized spacial score (nSPS) is 14.7. The van der Waals surface area contributed by atoms with Gasteiger partial charge in [0.1, 0.15) is 11.5 Å². The van der Waals surface area contributed by atoms with Crippen LogP contribution in [0.3, 0.4) is 0 Å². The molecular formula is C31H26ClN3O8S. The average Bonchev–Trinajstić information content (AvgIpc) is 3.57.